The van der Waals surface area contributed by atoms with Gasteiger partial charge in [0.15, 0.2) is 4.77 Å². The molecule has 0 saturated carbocycles. The number of methoxy groups -OCH3 is 1. The first-order valence-corrected chi connectivity index (χ1v) is 6.02. The summed E-state index contributed by atoms with van der Waals surface area (Å²) in [6.45, 7) is 4.14. The summed E-state index contributed by atoms with van der Waals surface area (Å²) < 4.78 is 6.04. The van der Waals surface area contributed by atoms with E-state index in [1.807, 2.05) is 13.0 Å². The quantitative estimate of drug-likeness (QED) is 0.814. The standard InChI is InChI=1S/C13H16N2OS/c1-4-9-5-6-11(16-3)10(7-9)12-8(2)14-13(17)15-12/h5-7H,4H2,1-3H3,(H2,14,15,17). The highest BCUT2D eigenvalue weighted by molar-refractivity contribution is 7.71. The Kier molecular flexibility index (Phi) is 3.33. The van der Waals surface area contributed by atoms with Crippen molar-refractivity contribution in [1.29, 1.82) is 0 Å². The van der Waals surface area contributed by atoms with Crippen molar-refractivity contribution in [1.82, 2.24) is 9.97 Å². The van der Waals surface area contributed by atoms with Crippen LogP contribution in [0.15, 0.2) is 18.2 Å². The topological polar surface area (TPSA) is 40.8 Å². The van der Waals surface area contributed by atoms with Gasteiger partial charge in [0.2, 0.25) is 0 Å². The van der Waals surface area contributed by atoms with Crippen LogP contribution in [0.5, 0.6) is 5.75 Å². The summed E-state index contributed by atoms with van der Waals surface area (Å²) in [5.74, 6) is 0.857. The van der Waals surface area contributed by atoms with E-state index in [1.165, 1.54) is 5.56 Å². The highest BCUT2D eigenvalue weighted by Gasteiger charge is 2.11. The number of ether oxygens (including phenoxy) is 1. The van der Waals surface area contributed by atoms with E-state index in [0.29, 0.717) is 4.77 Å². The second kappa shape index (κ2) is 4.75. The fourth-order valence-electron chi connectivity index (χ4n) is 1.91. The van der Waals surface area contributed by atoms with Crippen molar-refractivity contribution in [2.24, 2.45) is 0 Å². The van der Waals surface area contributed by atoms with Gasteiger partial charge in [-0.05, 0) is 43.3 Å². The van der Waals surface area contributed by atoms with Crippen LogP contribution in [-0.4, -0.2) is 17.1 Å². The minimum absolute atomic E-state index is 0.640. The van der Waals surface area contributed by atoms with Gasteiger partial charge in [0.05, 0.1) is 12.8 Å². The van der Waals surface area contributed by atoms with Gasteiger partial charge in [-0.15, -0.1) is 0 Å². The second-order valence-corrected chi connectivity index (χ2v) is 4.38. The Morgan fingerprint density at radius 3 is 2.59 bits per heavy atom. The normalized spacial score (nSPS) is 10.5. The smallest absolute Gasteiger partial charge is 0.175 e. The van der Waals surface area contributed by atoms with E-state index in [9.17, 15) is 0 Å². The minimum Gasteiger partial charge on any atom is -0.496 e. The summed E-state index contributed by atoms with van der Waals surface area (Å²) in [5, 5.41) is 0. The van der Waals surface area contributed by atoms with Crippen LogP contribution in [0, 0.1) is 11.7 Å². The molecule has 0 spiro atoms. The SMILES string of the molecule is CCc1ccc(OC)c(-c2[nH]c(=S)[nH]c2C)c1. The number of rotatable bonds is 3. The van der Waals surface area contributed by atoms with Crippen LogP contribution in [0.25, 0.3) is 11.3 Å². The minimum atomic E-state index is 0.640. The Balaban J connectivity index is 2.63. The third-order valence-electron chi connectivity index (χ3n) is 2.86. The van der Waals surface area contributed by atoms with Crippen molar-refractivity contribution in [2.45, 2.75) is 20.3 Å². The van der Waals surface area contributed by atoms with Gasteiger partial charge in [0, 0.05) is 11.3 Å². The number of nitrogens with one attached hydrogen (secondary N) is 2. The van der Waals surface area contributed by atoms with E-state index in [1.54, 1.807) is 7.11 Å². The number of hydrogen-bond acceptors (Lipinski definition) is 2. The Morgan fingerprint density at radius 2 is 2.06 bits per heavy atom. The molecule has 2 aromatic rings. The summed E-state index contributed by atoms with van der Waals surface area (Å²) >= 11 is 5.11. The molecule has 0 aliphatic heterocycles. The molecule has 0 amide bonds. The van der Waals surface area contributed by atoms with Gasteiger partial charge in [-0.1, -0.05) is 13.0 Å². The Bertz CT molecular complexity index is 583. The lowest BCUT2D eigenvalue weighted by Gasteiger charge is -2.09. The molecule has 2 N–H and O–H groups in total. The molecule has 4 heteroatoms. The van der Waals surface area contributed by atoms with E-state index in [2.05, 4.69) is 29.0 Å². The van der Waals surface area contributed by atoms with Crippen LogP contribution in [0.3, 0.4) is 0 Å². The molecular formula is C13H16N2OS. The molecule has 0 fully saturated rings. The Labute approximate surface area is 106 Å². The summed E-state index contributed by atoms with van der Waals surface area (Å²) in [4.78, 5) is 6.26. The highest BCUT2D eigenvalue weighted by Crippen LogP contribution is 2.31. The number of H-pyrrole nitrogens is 2. The largest absolute Gasteiger partial charge is 0.496 e. The van der Waals surface area contributed by atoms with E-state index in [-0.39, 0.29) is 0 Å². The first-order chi connectivity index (χ1) is 8.15. The molecule has 17 heavy (non-hydrogen) atoms. The number of benzene rings is 1. The lowest BCUT2D eigenvalue weighted by atomic mass is 10.0. The molecular weight excluding hydrogens is 232 g/mol. The van der Waals surface area contributed by atoms with E-state index >= 15 is 0 Å². The molecule has 0 radical (unpaired) electrons. The first kappa shape index (κ1) is 11.9. The summed E-state index contributed by atoms with van der Waals surface area (Å²) in [5.41, 5.74) is 4.36. The molecule has 0 aliphatic rings. The van der Waals surface area contributed by atoms with Crippen molar-refractivity contribution in [2.75, 3.05) is 7.11 Å². The molecule has 3 nitrogen and oxygen atoms in total. The fraction of sp³-hybridized carbons (Fsp3) is 0.308. The van der Waals surface area contributed by atoms with Gasteiger partial charge >= 0.3 is 0 Å². The maximum absolute atomic E-state index is 5.40. The van der Waals surface area contributed by atoms with Crippen LogP contribution >= 0.6 is 12.2 Å². The van der Waals surface area contributed by atoms with Crippen LogP contribution in [0.2, 0.25) is 0 Å². The van der Waals surface area contributed by atoms with E-state index < -0.39 is 0 Å². The summed E-state index contributed by atoms with van der Waals surface area (Å²) in [6, 6.07) is 6.22. The summed E-state index contributed by atoms with van der Waals surface area (Å²) in [6.07, 6.45) is 1.00. The molecule has 0 unspecified atom stereocenters. The van der Waals surface area contributed by atoms with Gasteiger partial charge < -0.3 is 14.7 Å². The van der Waals surface area contributed by atoms with E-state index in [4.69, 9.17) is 17.0 Å². The molecule has 0 aliphatic carbocycles. The van der Waals surface area contributed by atoms with Gasteiger partial charge in [-0.25, -0.2) is 0 Å². The molecule has 2 rings (SSSR count). The lowest BCUT2D eigenvalue weighted by Crippen LogP contribution is -1.91. The van der Waals surface area contributed by atoms with Crippen LogP contribution in [-0.2, 0) is 6.42 Å². The number of imidazole rings is 1. The zero-order valence-corrected chi connectivity index (χ0v) is 11.1. The average molecular weight is 248 g/mol. The number of hydrogen-bond donors (Lipinski definition) is 2. The van der Waals surface area contributed by atoms with E-state index in [0.717, 1.165) is 29.1 Å². The maximum atomic E-state index is 5.40. The predicted octanol–water partition coefficient (Wildman–Crippen LogP) is 3.62. The second-order valence-electron chi connectivity index (χ2n) is 3.97. The number of aromatic nitrogens is 2. The van der Waals surface area contributed by atoms with Crippen molar-refractivity contribution in [3.63, 3.8) is 0 Å². The molecule has 1 aromatic carbocycles. The van der Waals surface area contributed by atoms with Crippen molar-refractivity contribution >= 4 is 12.2 Å². The third-order valence-corrected chi connectivity index (χ3v) is 3.06. The van der Waals surface area contributed by atoms with Crippen molar-refractivity contribution in [3.05, 3.63) is 34.2 Å². The fourth-order valence-corrected chi connectivity index (χ4v) is 2.17. The predicted molar refractivity (Wildman–Crippen MR) is 72.1 cm³/mol. The van der Waals surface area contributed by atoms with Gasteiger partial charge in [0.1, 0.15) is 5.75 Å². The first-order valence-electron chi connectivity index (χ1n) is 5.62. The summed E-state index contributed by atoms with van der Waals surface area (Å²) in [7, 11) is 1.68. The zero-order valence-electron chi connectivity index (χ0n) is 10.3. The third kappa shape index (κ3) is 2.26. The van der Waals surface area contributed by atoms with Gasteiger partial charge in [0.25, 0.3) is 0 Å². The molecule has 0 bridgehead atoms. The van der Waals surface area contributed by atoms with Crippen molar-refractivity contribution in [3.8, 4) is 17.0 Å². The maximum Gasteiger partial charge on any atom is 0.175 e. The van der Waals surface area contributed by atoms with Gasteiger partial charge in [-0.2, -0.15) is 0 Å². The lowest BCUT2D eigenvalue weighted by molar-refractivity contribution is 0.416. The Morgan fingerprint density at radius 1 is 1.29 bits per heavy atom. The number of aromatic amines is 2. The highest BCUT2D eigenvalue weighted by atomic mass is 32.1. The molecule has 1 heterocycles. The van der Waals surface area contributed by atoms with Crippen LogP contribution in [0.1, 0.15) is 18.2 Å². The number of aryl methyl sites for hydroxylation is 2. The zero-order chi connectivity index (χ0) is 12.4. The molecule has 0 atom stereocenters. The molecule has 0 saturated heterocycles. The van der Waals surface area contributed by atoms with Crippen molar-refractivity contribution < 1.29 is 4.74 Å². The molecule has 90 valence electrons. The Hall–Kier alpha value is -1.55. The molecule has 1 aromatic heterocycles. The van der Waals surface area contributed by atoms with Gasteiger partial charge in [-0.3, -0.25) is 0 Å². The van der Waals surface area contributed by atoms with Crippen LogP contribution in [0.4, 0.5) is 0 Å². The van der Waals surface area contributed by atoms with Crippen LogP contribution < -0.4 is 4.74 Å². The monoisotopic (exact) mass is 248 g/mol. The average Bonchev–Trinajstić information content (AvgIpc) is 2.67.